The number of aromatic nitrogens is 2. The van der Waals surface area contributed by atoms with E-state index in [1.165, 1.54) is 17.7 Å². The number of nitrogens with zero attached hydrogens (tertiary/aromatic N) is 2. The molecule has 3 rings (SSSR count). The second-order valence-corrected chi connectivity index (χ2v) is 6.77. The second-order valence-electron chi connectivity index (χ2n) is 5.28. The number of amides is 2. The molecule has 0 aliphatic carbocycles. The van der Waals surface area contributed by atoms with Crippen LogP contribution >= 0.6 is 22.9 Å². The normalized spacial score (nSPS) is 10.7. The van der Waals surface area contributed by atoms with Crippen molar-refractivity contribution in [1.29, 1.82) is 0 Å². The molecular weight excluding hydrogens is 378 g/mol. The number of rotatable bonds is 4. The third-order valence-corrected chi connectivity index (χ3v) is 4.88. The molecule has 0 bridgehead atoms. The fourth-order valence-corrected chi connectivity index (χ4v) is 3.48. The van der Waals surface area contributed by atoms with Gasteiger partial charge in [0.15, 0.2) is 0 Å². The molecule has 1 aromatic carbocycles. The van der Waals surface area contributed by atoms with Crippen LogP contribution in [0.2, 0.25) is 5.02 Å². The lowest BCUT2D eigenvalue weighted by Gasteiger charge is -2.05. The maximum absolute atomic E-state index is 12.6. The number of carbonyl (C=O) groups excluding carboxylic acids is 2. The average Bonchev–Trinajstić information content (AvgIpc) is 3.03. The summed E-state index contributed by atoms with van der Waals surface area (Å²) in [7, 11) is 0. The van der Waals surface area contributed by atoms with Crippen LogP contribution in [0, 0.1) is 0 Å². The number of fused-ring (bicyclic) bond motifs is 1. The third kappa shape index (κ3) is 3.92. The molecule has 0 saturated heterocycles. The van der Waals surface area contributed by atoms with Gasteiger partial charge >= 0.3 is 6.09 Å². The van der Waals surface area contributed by atoms with E-state index >= 15 is 0 Å². The number of ether oxygens (including phenoxy) is 1. The summed E-state index contributed by atoms with van der Waals surface area (Å²) < 4.78 is 6.21. The van der Waals surface area contributed by atoms with Crippen LogP contribution in [0.5, 0.6) is 0 Å². The molecule has 2 amide bonds. The Kier molecular flexibility index (Phi) is 5.34. The summed E-state index contributed by atoms with van der Waals surface area (Å²) in [6, 6.07) is 9.07. The minimum atomic E-state index is -0.847. The SMILES string of the molecule is CCOC(=O)NC(=O)Cn1cnc2cc(-c3ccc(Cl)cc3)sc2c1=O. The van der Waals surface area contributed by atoms with E-state index < -0.39 is 12.0 Å². The van der Waals surface area contributed by atoms with Gasteiger partial charge in [-0.1, -0.05) is 23.7 Å². The smallest absolute Gasteiger partial charge is 0.413 e. The molecule has 134 valence electrons. The van der Waals surface area contributed by atoms with E-state index in [2.05, 4.69) is 9.72 Å². The minimum absolute atomic E-state index is 0.148. The highest BCUT2D eigenvalue weighted by Gasteiger charge is 2.14. The number of carbonyl (C=O) groups is 2. The van der Waals surface area contributed by atoms with E-state index in [1.807, 2.05) is 23.5 Å². The zero-order valence-corrected chi connectivity index (χ0v) is 15.3. The Labute approximate surface area is 157 Å². The van der Waals surface area contributed by atoms with Crippen molar-refractivity contribution in [3.63, 3.8) is 0 Å². The zero-order chi connectivity index (χ0) is 18.7. The highest BCUT2D eigenvalue weighted by Crippen LogP contribution is 2.31. The molecule has 0 fully saturated rings. The van der Waals surface area contributed by atoms with Gasteiger partial charge in [-0.3, -0.25) is 19.5 Å². The van der Waals surface area contributed by atoms with Gasteiger partial charge in [-0.05, 0) is 30.7 Å². The van der Waals surface area contributed by atoms with Gasteiger partial charge in [-0.15, -0.1) is 11.3 Å². The van der Waals surface area contributed by atoms with E-state index in [-0.39, 0.29) is 18.7 Å². The summed E-state index contributed by atoms with van der Waals surface area (Å²) in [6.45, 7) is 1.45. The molecule has 0 aliphatic heterocycles. The largest absolute Gasteiger partial charge is 0.450 e. The molecule has 1 N–H and O–H groups in total. The van der Waals surface area contributed by atoms with E-state index in [4.69, 9.17) is 11.6 Å². The molecule has 2 heterocycles. The molecule has 9 heteroatoms. The number of alkyl carbamates (subject to hydrolysis) is 1. The average molecular weight is 392 g/mol. The number of imide groups is 1. The summed E-state index contributed by atoms with van der Waals surface area (Å²) in [5.41, 5.74) is 1.12. The monoisotopic (exact) mass is 391 g/mol. The first-order chi connectivity index (χ1) is 12.5. The Hall–Kier alpha value is -2.71. The molecule has 0 atom stereocenters. The van der Waals surface area contributed by atoms with E-state index in [0.717, 1.165) is 15.0 Å². The van der Waals surface area contributed by atoms with Crippen LogP contribution in [0.3, 0.4) is 0 Å². The highest BCUT2D eigenvalue weighted by molar-refractivity contribution is 7.22. The molecule has 26 heavy (non-hydrogen) atoms. The molecule has 0 unspecified atom stereocenters. The Morgan fingerprint density at radius 1 is 1.31 bits per heavy atom. The molecule has 0 radical (unpaired) electrons. The van der Waals surface area contributed by atoms with E-state index in [0.29, 0.717) is 15.2 Å². The predicted molar refractivity (Wildman–Crippen MR) is 99.5 cm³/mol. The van der Waals surface area contributed by atoms with Gasteiger partial charge in [0.1, 0.15) is 11.2 Å². The van der Waals surface area contributed by atoms with Crippen molar-refractivity contribution >= 4 is 45.2 Å². The molecule has 0 aliphatic rings. The van der Waals surface area contributed by atoms with Crippen molar-refractivity contribution in [2.24, 2.45) is 0 Å². The van der Waals surface area contributed by atoms with Crippen molar-refractivity contribution in [3.8, 4) is 10.4 Å². The van der Waals surface area contributed by atoms with Crippen LogP contribution in [0.15, 0.2) is 41.5 Å². The summed E-state index contributed by atoms with van der Waals surface area (Å²) in [6.07, 6.45) is 0.439. The van der Waals surface area contributed by atoms with Crippen molar-refractivity contribution in [1.82, 2.24) is 14.9 Å². The lowest BCUT2D eigenvalue weighted by atomic mass is 10.2. The first-order valence-electron chi connectivity index (χ1n) is 7.69. The Balaban J connectivity index is 1.86. The lowest BCUT2D eigenvalue weighted by Crippen LogP contribution is -2.36. The van der Waals surface area contributed by atoms with E-state index in [1.54, 1.807) is 19.1 Å². The Morgan fingerprint density at radius 3 is 2.73 bits per heavy atom. The van der Waals surface area contributed by atoms with Gasteiger partial charge < -0.3 is 4.74 Å². The van der Waals surface area contributed by atoms with Gasteiger partial charge in [0.05, 0.1) is 18.5 Å². The van der Waals surface area contributed by atoms with Crippen molar-refractivity contribution in [2.75, 3.05) is 6.61 Å². The number of hydrogen-bond acceptors (Lipinski definition) is 6. The highest BCUT2D eigenvalue weighted by atomic mass is 35.5. The van der Waals surface area contributed by atoms with Crippen molar-refractivity contribution < 1.29 is 14.3 Å². The van der Waals surface area contributed by atoms with Crippen LogP contribution in [0.4, 0.5) is 4.79 Å². The molecule has 3 aromatic rings. The number of halogens is 1. The predicted octanol–water partition coefficient (Wildman–Crippen LogP) is 3.05. The first kappa shape index (κ1) is 18.1. The summed E-state index contributed by atoms with van der Waals surface area (Å²) in [5, 5.41) is 2.67. The number of benzene rings is 1. The maximum atomic E-state index is 12.6. The van der Waals surface area contributed by atoms with Gasteiger partial charge in [0.2, 0.25) is 5.91 Å². The molecular formula is C17H14ClN3O4S. The fraction of sp³-hybridized carbons (Fsp3) is 0.176. The summed E-state index contributed by atoms with van der Waals surface area (Å²) >= 11 is 7.18. The third-order valence-electron chi connectivity index (χ3n) is 3.46. The Morgan fingerprint density at radius 2 is 2.04 bits per heavy atom. The standard InChI is InChI=1S/C17H14ClN3O4S/c1-2-25-17(24)20-14(22)8-21-9-19-12-7-13(26-15(12)16(21)23)10-3-5-11(18)6-4-10/h3-7,9H,2,8H2,1H3,(H,20,22,24). The maximum Gasteiger partial charge on any atom is 0.413 e. The number of hydrogen-bond donors (Lipinski definition) is 1. The topological polar surface area (TPSA) is 90.3 Å². The minimum Gasteiger partial charge on any atom is -0.450 e. The van der Waals surface area contributed by atoms with Crippen LogP contribution in [-0.2, 0) is 16.1 Å². The number of thiophene rings is 1. The second kappa shape index (κ2) is 7.67. The van der Waals surface area contributed by atoms with Crippen LogP contribution in [0.1, 0.15) is 6.92 Å². The van der Waals surface area contributed by atoms with Crippen LogP contribution in [0.25, 0.3) is 20.7 Å². The van der Waals surface area contributed by atoms with E-state index in [9.17, 15) is 14.4 Å². The number of nitrogens with one attached hydrogen (secondary N) is 1. The molecule has 2 aromatic heterocycles. The van der Waals surface area contributed by atoms with Crippen molar-refractivity contribution in [2.45, 2.75) is 13.5 Å². The van der Waals surface area contributed by atoms with Crippen molar-refractivity contribution in [3.05, 3.63) is 52.0 Å². The first-order valence-corrected chi connectivity index (χ1v) is 8.89. The quantitative estimate of drug-likeness (QED) is 0.738. The van der Waals surface area contributed by atoms with Gasteiger partial charge in [0.25, 0.3) is 5.56 Å². The fourth-order valence-electron chi connectivity index (χ4n) is 2.29. The van der Waals surface area contributed by atoms with Gasteiger partial charge in [-0.2, -0.15) is 0 Å². The lowest BCUT2D eigenvalue weighted by molar-refractivity contribution is -0.121. The van der Waals surface area contributed by atoms with Crippen LogP contribution < -0.4 is 10.9 Å². The summed E-state index contributed by atoms with van der Waals surface area (Å²) in [5.74, 6) is -0.652. The van der Waals surface area contributed by atoms with Gasteiger partial charge in [0, 0.05) is 9.90 Å². The van der Waals surface area contributed by atoms with Crippen LogP contribution in [-0.4, -0.2) is 28.2 Å². The zero-order valence-electron chi connectivity index (χ0n) is 13.7. The Bertz CT molecular complexity index is 1030. The molecule has 0 spiro atoms. The molecule has 7 nitrogen and oxygen atoms in total. The molecule has 0 saturated carbocycles. The summed E-state index contributed by atoms with van der Waals surface area (Å²) in [4.78, 5) is 40.8. The van der Waals surface area contributed by atoms with Gasteiger partial charge in [-0.25, -0.2) is 9.78 Å².